The lowest BCUT2D eigenvalue weighted by Crippen LogP contribution is -2.16. The molecule has 2 atom stereocenters. The Kier molecular flexibility index (Phi) is 6.21. The average molecular weight is 415 g/mol. The fraction of sp³-hybridized carbons (Fsp3) is 0.462. The van der Waals surface area contributed by atoms with Crippen LogP contribution in [-0.4, -0.2) is 6.36 Å². The van der Waals surface area contributed by atoms with E-state index in [2.05, 4.69) is 41.7 Å². The molecule has 0 radical (unpaired) electrons. The lowest BCUT2D eigenvalue weighted by atomic mass is 9.91. The van der Waals surface area contributed by atoms with Gasteiger partial charge in [-0.3, -0.25) is 0 Å². The van der Waals surface area contributed by atoms with E-state index in [1.807, 2.05) is 0 Å². The van der Waals surface area contributed by atoms with E-state index in [4.69, 9.17) is 0 Å². The molecule has 2 aromatic carbocycles. The third-order valence-corrected chi connectivity index (χ3v) is 7.04. The number of rotatable bonds is 5. The predicted molar refractivity (Wildman–Crippen MR) is 114 cm³/mol. The third kappa shape index (κ3) is 5.08. The van der Waals surface area contributed by atoms with Gasteiger partial charge in [-0.15, -0.1) is 19.8 Å². The van der Waals surface area contributed by atoms with Crippen LogP contribution in [0.15, 0.2) is 61.2 Å². The first-order valence-corrected chi connectivity index (χ1v) is 11.0. The largest absolute Gasteiger partial charge is 0.573 e. The summed E-state index contributed by atoms with van der Waals surface area (Å²) < 4.78 is 40.9. The zero-order valence-electron chi connectivity index (χ0n) is 17.2. The smallest absolute Gasteiger partial charge is 0.406 e. The van der Waals surface area contributed by atoms with Gasteiger partial charge >= 0.3 is 6.36 Å². The highest BCUT2D eigenvalue weighted by Gasteiger charge is 2.36. The molecular formula is C26H29F3O. The molecule has 2 aliphatic carbocycles. The summed E-state index contributed by atoms with van der Waals surface area (Å²) in [6.45, 7) is 3.91. The van der Waals surface area contributed by atoms with E-state index in [0.29, 0.717) is 5.92 Å². The van der Waals surface area contributed by atoms with Crippen molar-refractivity contribution in [3.05, 3.63) is 66.7 Å². The highest BCUT2D eigenvalue weighted by molar-refractivity contribution is 5.64. The van der Waals surface area contributed by atoms with Crippen molar-refractivity contribution in [1.29, 1.82) is 0 Å². The van der Waals surface area contributed by atoms with Crippen molar-refractivity contribution in [2.75, 3.05) is 0 Å². The summed E-state index contributed by atoms with van der Waals surface area (Å²) in [5.74, 6) is 2.98. The van der Waals surface area contributed by atoms with Crippen LogP contribution in [0.3, 0.4) is 0 Å². The first-order valence-electron chi connectivity index (χ1n) is 11.0. The van der Waals surface area contributed by atoms with Crippen molar-refractivity contribution in [3.63, 3.8) is 0 Å². The van der Waals surface area contributed by atoms with Gasteiger partial charge < -0.3 is 4.74 Å². The molecule has 160 valence electrons. The Morgan fingerprint density at radius 1 is 0.833 bits per heavy atom. The van der Waals surface area contributed by atoms with Gasteiger partial charge in [0.25, 0.3) is 0 Å². The van der Waals surface area contributed by atoms with Crippen molar-refractivity contribution in [1.82, 2.24) is 0 Å². The molecule has 2 unspecified atom stereocenters. The standard InChI is InChI=1S/C26H29F3O/c1-2-3-18-4-6-22-16-24(17-23(22)7-5-18)21-10-8-19(9-11-21)20-12-14-25(15-13-20)30-26(27,28)29/h2,8-15,18,22-24H,1,3-7,16-17H2. The fourth-order valence-electron chi connectivity index (χ4n) is 5.50. The van der Waals surface area contributed by atoms with Crippen LogP contribution >= 0.6 is 0 Å². The highest BCUT2D eigenvalue weighted by atomic mass is 19.4. The minimum Gasteiger partial charge on any atom is -0.406 e. The number of alkyl halides is 3. The van der Waals surface area contributed by atoms with Gasteiger partial charge in [0.05, 0.1) is 0 Å². The van der Waals surface area contributed by atoms with E-state index >= 15 is 0 Å². The highest BCUT2D eigenvalue weighted by Crippen LogP contribution is 2.49. The third-order valence-electron chi connectivity index (χ3n) is 7.04. The van der Waals surface area contributed by atoms with Gasteiger partial charge in [0, 0.05) is 0 Å². The minimum absolute atomic E-state index is 0.192. The van der Waals surface area contributed by atoms with E-state index in [-0.39, 0.29) is 5.75 Å². The van der Waals surface area contributed by atoms with Gasteiger partial charge in [-0.1, -0.05) is 42.5 Å². The second-order valence-electron chi connectivity index (χ2n) is 8.93. The molecule has 0 spiro atoms. The molecule has 0 heterocycles. The Morgan fingerprint density at radius 3 is 1.87 bits per heavy atom. The molecule has 0 N–H and O–H groups in total. The summed E-state index contributed by atoms with van der Waals surface area (Å²) in [4.78, 5) is 0. The van der Waals surface area contributed by atoms with E-state index in [1.54, 1.807) is 12.1 Å². The van der Waals surface area contributed by atoms with Crippen LogP contribution in [0.5, 0.6) is 5.75 Å². The number of allylic oxidation sites excluding steroid dienone is 1. The number of hydrogen-bond donors (Lipinski definition) is 0. The molecule has 30 heavy (non-hydrogen) atoms. The van der Waals surface area contributed by atoms with Crippen molar-refractivity contribution >= 4 is 0 Å². The molecule has 0 bridgehead atoms. The second-order valence-corrected chi connectivity index (χ2v) is 8.93. The summed E-state index contributed by atoms with van der Waals surface area (Å²) in [5.41, 5.74) is 3.30. The number of halogens is 3. The summed E-state index contributed by atoms with van der Waals surface area (Å²) in [5, 5.41) is 0. The van der Waals surface area contributed by atoms with Gasteiger partial charge in [0.1, 0.15) is 5.75 Å². The minimum atomic E-state index is -4.66. The maximum atomic E-state index is 12.3. The molecule has 0 aromatic heterocycles. The zero-order chi connectivity index (χ0) is 21.1. The fourth-order valence-corrected chi connectivity index (χ4v) is 5.50. The van der Waals surface area contributed by atoms with E-state index in [9.17, 15) is 13.2 Å². The van der Waals surface area contributed by atoms with Crippen LogP contribution < -0.4 is 4.74 Å². The van der Waals surface area contributed by atoms with E-state index in [0.717, 1.165) is 35.3 Å². The van der Waals surface area contributed by atoms with Crippen LogP contribution in [-0.2, 0) is 0 Å². The monoisotopic (exact) mass is 414 g/mol. The molecule has 4 heteroatoms. The normalized spacial score (nSPS) is 26.6. The van der Waals surface area contributed by atoms with E-state index in [1.165, 1.54) is 56.2 Å². The Bertz CT molecular complexity index is 822. The average Bonchev–Trinajstić information content (AvgIpc) is 3.04. The maximum Gasteiger partial charge on any atom is 0.573 e. The summed E-state index contributed by atoms with van der Waals surface area (Å²) in [6.07, 6.45) is 6.53. The van der Waals surface area contributed by atoms with Gasteiger partial charge in [-0.05, 0) is 97.4 Å². The first kappa shape index (κ1) is 21.0. The van der Waals surface area contributed by atoms with E-state index < -0.39 is 6.36 Å². The Labute approximate surface area is 177 Å². The number of benzene rings is 2. The first-order chi connectivity index (χ1) is 14.4. The van der Waals surface area contributed by atoms with Crippen LogP contribution in [0.25, 0.3) is 11.1 Å². The Hall–Kier alpha value is -2.23. The van der Waals surface area contributed by atoms with Crippen LogP contribution in [0.1, 0.15) is 56.4 Å². The molecule has 1 nitrogen and oxygen atoms in total. The van der Waals surface area contributed by atoms with Gasteiger partial charge in [-0.25, -0.2) is 0 Å². The number of ether oxygens (including phenoxy) is 1. The molecule has 2 saturated carbocycles. The molecular weight excluding hydrogens is 385 g/mol. The topological polar surface area (TPSA) is 9.23 Å². The molecule has 4 rings (SSSR count). The Balaban J connectivity index is 1.38. The van der Waals surface area contributed by atoms with Crippen molar-refractivity contribution in [2.45, 2.75) is 57.2 Å². The number of hydrogen-bond acceptors (Lipinski definition) is 1. The van der Waals surface area contributed by atoms with Crippen LogP contribution in [0, 0.1) is 17.8 Å². The SMILES string of the molecule is C=CCC1CCC2CC(c3ccc(-c4ccc(OC(F)(F)F)cc4)cc3)CC2CC1. The lowest BCUT2D eigenvalue weighted by molar-refractivity contribution is -0.274. The molecule has 0 saturated heterocycles. The summed E-state index contributed by atoms with van der Waals surface area (Å²) in [7, 11) is 0. The van der Waals surface area contributed by atoms with Gasteiger partial charge in [0.2, 0.25) is 0 Å². The van der Waals surface area contributed by atoms with Crippen LogP contribution in [0.4, 0.5) is 13.2 Å². The van der Waals surface area contributed by atoms with Crippen LogP contribution in [0.2, 0.25) is 0 Å². The predicted octanol–water partition coefficient (Wildman–Crippen LogP) is 8.13. The van der Waals surface area contributed by atoms with Gasteiger partial charge in [-0.2, -0.15) is 0 Å². The molecule has 0 amide bonds. The van der Waals surface area contributed by atoms with Crippen molar-refractivity contribution in [3.8, 4) is 16.9 Å². The zero-order valence-corrected chi connectivity index (χ0v) is 17.2. The summed E-state index contributed by atoms with van der Waals surface area (Å²) in [6, 6.07) is 14.6. The molecule has 2 aromatic rings. The van der Waals surface area contributed by atoms with Gasteiger partial charge in [0.15, 0.2) is 0 Å². The number of fused-ring (bicyclic) bond motifs is 1. The Morgan fingerprint density at radius 2 is 1.37 bits per heavy atom. The molecule has 2 fully saturated rings. The maximum absolute atomic E-state index is 12.3. The summed E-state index contributed by atoms with van der Waals surface area (Å²) >= 11 is 0. The molecule has 0 aliphatic heterocycles. The van der Waals surface area contributed by atoms with Crippen molar-refractivity contribution < 1.29 is 17.9 Å². The lowest BCUT2D eigenvalue weighted by Gasteiger charge is -2.15. The van der Waals surface area contributed by atoms with Crippen molar-refractivity contribution in [2.24, 2.45) is 17.8 Å². The second kappa shape index (κ2) is 8.87. The quantitative estimate of drug-likeness (QED) is 0.449. The molecule has 2 aliphatic rings.